The maximum Gasteiger partial charge on any atom is 0.195 e. The summed E-state index contributed by atoms with van der Waals surface area (Å²) < 4.78 is 0. The number of carbonyl (C=O) groups is 1. The van der Waals surface area contributed by atoms with Crippen LogP contribution in [0.15, 0.2) is 48.7 Å². The van der Waals surface area contributed by atoms with Crippen molar-refractivity contribution in [1.29, 1.82) is 5.26 Å². The summed E-state index contributed by atoms with van der Waals surface area (Å²) in [4.78, 5) is 16.3. The molecule has 112 valence electrons. The van der Waals surface area contributed by atoms with E-state index in [2.05, 4.69) is 16.4 Å². The molecule has 1 aromatic heterocycles. The molecule has 1 aliphatic heterocycles. The fraction of sp³-hybridized carbons (Fsp3) is 0.158. The molecule has 0 fully saturated rings. The Morgan fingerprint density at radius 1 is 1.22 bits per heavy atom. The van der Waals surface area contributed by atoms with Crippen molar-refractivity contribution in [2.24, 2.45) is 0 Å². The van der Waals surface area contributed by atoms with Gasteiger partial charge in [-0.3, -0.25) is 4.79 Å². The quantitative estimate of drug-likeness (QED) is 0.754. The first-order valence-electron chi connectivity index (χ1n) is 7.53. The molecule has 4 nitrogen and oxygen atoms in total. The summed E-state index contributed by atoms with van der Waals surface area (Å²) in [5.74, 6) is -0.0453. The zero-order valence-corrected chi connectivity index (χ0v) is 12.7. The predicted molar refractivity (Wildman–Crippen MR) is 89.3 cm³/mol. The summed E-state index contributed by atoms with van der Waals surface area (Å²) in [6.45, 7) is 2.03. The van der Waals surface area contributed by atoms with Gasteiger partial charge < -0.3 is 10.3 Å². The second kappa shape index (κ2) is 4.72. The minimum absolute atomic E-state index is 0.0453. The van der Waals surface area contributed by atoms with E-state index in [9.17, 15) is 10.1 Å². The Morgan fingerprint density at radius 2 is 2.04 bits per heavy atom. The number of aromatic nitrogens is 1. The standard InChI is InChI=1S/C19H15N3O/c1-12-6-7-13-15(11-21-17(13)10-12)19(8-9-20)18(23)14-4-2-3-5-16(14)22-19/h2-7,10-11,21-22H,8H2,1H3. The second-order valence-electron chi connectivity index (χ2n) is 5.99. The van der Waals surface area contributed by atoms with Gasteiger partial charge in [0.2, 0.25) is 0 Å². The lowest BCUT2D eigenvalue weighted by Gasteiger charge is -2.25. The van der Waals surface area contributed by atoms with Gasteiger partial charge in [0.05, 0.1) is 12.5 Å². The van der Waals surface area contributed by atoms with Gasteiger partial charge in [-0.25, -0.2) is 0 Å². The van der Waals surface area contributed by atoms with Crippen molar-refractivity contribution < 1.29 is 4.79 Å². The van der Waals surface area contributed by atoms with Crippen molar-refractivity contribution in [3.63, 3.8) is 0 Å². The molecule has 2 N–H and O–H groups in total. The van der Waals surface area contributed by atoms with Gasteiger partial charge in [0, 0.05) is 33.9 Å². The van der Waals surface area contributed by atoms with Gasteiger partial charge in [-0.1, -0.05) is 24.3 Å². The summed E-state index contributed by atoms with van der Waals surface area (Å²) >= 11 is 0. The normalized spacial score (nSPS) is 19.4. The van der Waals surface area contributed by atoms with E-state index in [1.165, 1.54) is 0 Å². The molecule has 0 aliphatic carbocycles. The van der Waals surface area contributed by atoms with Crippen LogP contribution < -0.4 is 5.32 Å². The maximum absolute atomic E-state index is 13.1. The maximum atomic E-state index is 13.1. The number of aromatic amines is 1. The molecule has 0 saturated carbocycles. The zero-order valence-electron chi connectivity index (χ0n) is 12.7. The first-order valence-corrected chi connectivity index (χ1v) is 7.53. The minimum atomic E-state index is -1.02. The van der Waals surface area contributed by atoms with E-state index in [4.69, 9.17) is 0 Å². The topological polar surface area (TPSA) is 68.7 Å². The number of fused-ring (bicyclic) bond motifs is 2. The summed E-state index contributed by atoms with van der Waals surface area (Å²) in [6, 6.07) is 15.7. The largest absolute Gasteiger partial charge is 0.367 e. The number of aryl methyl sites for hydroxylation is 1. The number of anilines is 1. The van der Waals surface area contributed by atoms with E-state index < -0.39 is 5.54 Å². The summed E-state index contributed by atoms with van der Waals surface area (Å²) in [5.41, 5.74) is 3.36. The van der Waals surface area contributed by atoms with Gasteiger partial charge in [-0.15, -0.1) is 0 Å². The molecular formula is C19H15N3O. The number of nitrogens with zero attached hydrogens (tertiary/aromatic N) is 1. The molecule has 1 unspecified atom stereocenters. The Balaban J connectivity index is 1.96. The number of hydrogen-bond acceptors (Lipinski definition) is 3. The molecule has 0 amide bonds. The Morgan fingerprint density at radius 3 is 2.83 bits per heavy atom. The average molecular weight is 301 g/mol. The lowest BCUT2D eigenvalue weighted by molar-refractivity contribution is 0.0920. The van der Waals surface area contributed by atoms with Crippen molar-refractivity contribution in [2.75, 3.05) is 5.32 Å². The number of rotatable bonds is 2. The van der Waals surface area contributed by atoms with Crippen molar-refractivity contribution in [3.8, 4) is 6.07 Å². The molecule has 0 saturated heterocycles. The summed E-state index contributed by atoms with van der Waals surface area (Å²) in [5, 5.41) is 13.6. The van der Waals surface area contributed by atoms with Crippen molar-refractivity contribution in [3.05, 3.63) is 65.4 Å². The predicted octanol–water partition coefficient (Wildman–Crippen LogP) is 3.89. The number of Topliss-reactive ketones (excluding diaryl/α,β-unsaturated/α-hetero) is 1. The molecule has 2 aromatic carbocycles. The number of ketones is 1. The number of nitrogens with one attached hydrogen (secondary N) is 2. The summed E-state index contributed by atoms with van der Waals surface area (Å²) in [7, 11) is 0. The average Bonchev–Trinajstić information content (AvgIpc) is 3.08. The molecular weight excluding hydrogens is 286 g/mol. The zero-order chi connectivity index (χ0) is 16.0. The molecule has 0 bridgehead atoms. The van der Waals surface area contributed by atoms with Gasteiger partial charge in [-0.2, -0.15) is 5.26 Å². The smallest absolute Gasteiger partial charge is 0.195 e. The fourth-order valence-electron chi connectivity index (χ4n) is 3.43. The van der Waals surface area contributed by atoms with E-state index in [1.54, 1.807) is 0 Å². The summed E-state index contributed by atoms with van der Waals surface area (Å²) in [6.07, 6.45) is 1.93. The molecule has 4 heteroatoms. The fourth-order valence-corrected chi connectivity index (χ4v) is 3.43. The molecule has 1 atom stereocenters. The van der Waals surface area contributed by atoms with Crippen LogP contribution in [0.25, 0.3) is 10.9 Å². The third-order valence-corrected chi connectivity index (χ3v) is 4.55. The molecule has 3 aromatic rings. The van der Waals surface area contributed by atoms with E-state index in [0.29, 0.717) is 5.56 Å². The van der Waals surface area contributed by atoms with Gasteiger partial charge >= 0.3 is 0 Å². The van der Waals surface area contributed by atoms with Crippen LogP contribution in [0.2, 0.25) is 0 Å². The SMILES string of the molecule is Cc1ccc2c(C3(CC#N)Nc4ccccc4C3=O)c[nH]c2c1. The van der Waals surface area contributed by atoms with Crippen LogP contribution in [-0.2, 0) is 5.54 Å². The van der Waals surface area contributed by atoms with E-state index >= 15 is 0 Å². The third kappa shape index (κ3) is 1.80. The lowest BCUT2D eigenvalue weighted by Crippen LogP contribution is -2.38. The minimum Gasteiger partial charge on any atom is -0.367 e. The van der Waals surface area contributed by atoms with Gasteiger partial charge in [0.15, 0.2) is 5.78 Å². The van der Waals surface area contributed by atoms with Crippen molar-refractivity contribution >= 4 is 22.4 Å². The Labute approximate surface area is 133 Å². The molecule has 23 heavy (non-hydrogen) atoms. The highest BCUT2D eigenvalue weighted by molar-refractivity contribution is 6.15. The molecule has 1 aliphatic rings. The Kier molecular flexibility index (Phi) is 2.79. The molecule has 0 radical (unpaired) electrons. The number of nitriles is 1. The number of para-hydroxylation sites is 1. The number of benzene rings is 2. The van der Waals surface area contributed by atoms with Gasteiger partial charge in [0.25, 0.3) is 0 Å². The van der Waals surface area contributed by atoms with Crippen molar-refractivity contribution in [2.45, 2.75) is 18.9 Å². The van der Waals surface area contributed by atoms with Crippen LogP contribution in [0.4, 0.5) is 5.69 Å². The lowest BCUT2D eigenvalue weighted by atomic mass is 9.83. The Bertz CT molecular complexity index is 980. The molecule has 4 rings (SSSR count). The highest BCUT2D eigenvalue weighted by atomic mass is 16.1. The van der Waals surface area contributed by atoms with Crippen LogP contribution in [0.1, 0.15) is 27.9 Å². The van der Waals surface area contributed by atoms with E-state index in [-0.39, 0.29) is 12.2 Å². The van der Waals surface area contributed by atoms with Crippen LogP contribution in [0, 0.1) is 18.3 Å². The monoisotopic (exact) mass is 301 g/mol. The highest BCUT2D eigenvalue weighted by Gasteiger charge is 2.47. The first kappa shape index (κ1) is 13.6. The molecule has 0 spiro atoms. The van der Waals surface area contributed by atoms with E-state index in [0.717, 1.165) is 27.7 Å². The van der Waals surface area contributed by atoms with Crippen LogP contribution >= 0.6 is 0 Å². The third-order valence-electron chi connectivity index (χ3n) is 4.55. The highest BCUT2D eigenvalue weighted by Crippen LogP contribution is 2.43. The van der Waals surface area contributed by atoms with Crippen LogP contribution in [0.3, 0.4) is 0 Å². The number of hydrogen-bond donors (Lipinski definition) is 2. The van der Waals surface area contributed by atoms with Crippen LogP contribution in [-0.4, -0.2) is 10.8 Å². The van der Waals surface area contributed by atoms with Crippen LogP contribution in [0.5, 0.6) is 0 Å². The van der Waals surface area contributed by atoms with E-state index in [1.807, 2.05) is 55.6 Å². The number of H-pyrrole nitrogens is 1. The Hall–Kier alpha value is -3.06. The number of carbonyl (C=O) groups excluding carboxylic acids is 1. The van der Waals surface area contributed by atoms with Gasteiger partial charge in [-0.05, 0) is 30.7 Å². The van der Waals surface area contributed by atoms with Gasteiger partial charge in [0.1, 0.15) is 5.54 Å². The second-order valence-corrected chi connectivity index (χ2v) is 5.99. The molecule has 2 heterocycles. The first-order chi connectivity index (χ1) is 11.2. The van der Waals surface area contributed by atoms with Crippen molar-refractivity contribution in [1.82, 2.24) is 4.98 Å².